The molecule has 0 bridgehead atoms. The van der Waals surface area contributed by atoms with Crippen LogP contribution in [-0.4, -0.2) is 63.2 Å². The first-order valence-electron chi connectivity index (χ1n) is 6.69. The lowest BCUT2D eigenvalue weighted by molar-refractivity contribution is -0.0324. The second-order valence-electron chi connectivity index (χ2n) is 5.70. The standard InChI is InChI=1S/C13H25NO3/c1-14(8-12-2-5-17-9-12)10-13(11-15)3-6-16-7-4-13/h12,15H,2-11H2,1H3/t12-/m1/s1. The van der Waals surface area contributed by atoms with E-state index in [1.54, 1.807) is 0 Å². The largest absolute Gasteiger partial charge is 0.396 e. The van der Waals surface area contributed by atoms with Crippen molar-refractivity contribution in [1.82, 2.24) is 4.90 Å². The van der Waals surface area contributed by atoms with Crippen LogP contribution in [0.15, 0.2) is 0 Å². The smallest absolute Gasteiger partial charge is 0.0507 e. The van der Waals surface area contributed by atoms with E-state index in [1.807, 2.05) is 0 Å². The molecule has 0 aromatic heterocycles. The molecule has 2 saturated heterocycles. The van der Waals surface area contributed by atoms with Gasteiger partial charge in [0.1, 0.15) is 0 Å². The highest BCUT2D eigenvalue weighted by molar-refractivity contribution is 4.84. The molecular formula is C13H25NO3. The number of hydrogen-bond donors (Lipinski definition) is 1. The molecule has 17 heavy (non-hydrogen) atoms. The molecule has 0 amide bonds. The zero-order valence-electron chi connectivity index (χ0n) is 10.9. The lowest BCUT2D eigenvalue weighted by Gasteiger charge is -2.39. The minimum absolute atomic E-state index is 0.0620. The summed E-state index contributed by atoms with van der Waals surface area (Å²) in [4.78, 5) is 2.36. The van der Waals surface area contributed by atoms with Gasteiger partial charge in [0.2, 0.25) is 0 Å². The van der Waals surface area contributed by atoms with Crippen LogP contribution in [0.2, 0.25) is 0 Å². The Bertz CT molecular complexity index is 223. The summed E-state index contributed by atoms with van der Waals surface area (Å²) in [5.41, 5.74) is 0.0620. The van der Waals surface area contributed by atoms with E-state index in [0.717, 1.165) is 52.4 Å². The molecule has 2 aliphatic rings. The summed E-state index contributed by atoms with van der Waals surface area (Å²) >= 11 is 0. The molecule has 4 heteroatoms. The molecule has 0 radical (unpaired) electrons. The third-order valence-electron chi connectivity index (χ3n) is 4.09. The molecule has 100 valence electrons. The van der Waals surface area contributed by atoms with Crippen LogP contribution >= 0.6 is 0 Å². The van der Waals surface area contributed by atoms with Crippen LogP contribution in [0.3, 0.4) is 0 Å². The fraction of sp³-hybridized carbons (Fsp3) is 1.00. The number of ether oxygens (including phenoxy) is 2. The zero-order chi connectivity index (χ0) is 12.1. The predicted molar refractivity (Wildman–Crippen MR) is 66.0 cm³/mol. The van der Waals surface area contributed by atoms with Gasteiger partial charge in [0, 0.05) is 38.3 Å². The third-order valence-corrected chi connectivity index (χ3v) is 4.09. The first-order chi connectivity index (χ1) is 8.24. The van der Waals surface area contributed by atoms with Gasteiger partial charge in [-0.3, -0.25) is 0 Å². The number of nitrogens with zero attached hydrogens (tertiary/aromatic N) is 1. The Morgan fingerprint density at radius 1 is 1.24 bits per heavy atom. The van der Waals surface area contributed by atoms with E-state index < -0.39 is 0 Å². The monoisotopic (exact) mass is 243 g/mol. The van der Waals surface area contributed by atoms with Crippen molar-refractivity contribution in [3.63, 3.8) is 0 Å². The van der Waals surface area contributed by atoms with Crippen molar-refractivity contribution in [1.29, 1.82) is 0 Å². The van der Waals surface area contributed by atoms with Gasteiger partial charge in [-0.05, 0) is 32.2 Å². The second kappa shape index (κ2) is 6.14. The van der Waals surface area contributed by atoms with Crippen LogP contribution in [0.1, 0.15) is 19.3 Å². The quantitative estimate of drug-likeness (QED) is 0.773. The average Bonchev–Trinajstić information content (AvgIpc) is 2.83. The summed E-state index contributed by atoms with van der Waals surface area (Å²) in [5.74, 6) is 0.676. The Hall–Kier alpha value is -0.160. The van der Waals surface area contributed by atoms with Gasteiger partial charge in [-0.2, -0.15) is 0 Å². The topological polar surface area (TPSA) is 41.9 Å². The van der Waals surface area contributed by atoms with Crippen LogP contribution in [0.25, 0.3) is 0 Å². The predicted octanol–water partition coefficient (Wildman–Crippen LogP) is 0.744. The molecule has 4 nitrogen and oxygen atoms in total. The summed E-state index contributed by atoms with van der Waals surface area (Å²) in [5, 5.41) is 9.64. The van der Waals surface area contributed by atoms with Crippen LogP contribution in [-0.2, 0) is 9.47 Å². The SMILES string of the molecule is CN(C[C@H]1CCOC1)CC1(CO)CCOCC1. The summed E-state index contributed by atoms with van der Waals surface area (Å²) in [6, 6.07) is 0. The minimum Gasteiger partial charge on any atom is -0.396 e. The van der Waals surface area contributed by atoms with E-state index in [4.69, 9.17) is 9.47 Å². The maximum Gasteiger partial charge on any atom is 0.0507 e. The Morgan fingerprint density at radius 2 is 2.00 bits per heavy atom. The van der Waals surface area contributed by atoms with Crippen LogP contribution in [0.5, 0.6) is 0 Å². The van der Waals surface area contributed by atoms with E-state index in [2.05, 4.69) is 11.9 Å². The van der Waals surface area contributed by atoms with Gasteiger partial charge in [0.05, 0.1) is 13.2 Å². The van der Waals surface area contributed by atoms with E-state index in [1.165, 1.54) is 6.42 Å². The van der Waals surface area contributed by atoms with Crippen molar-refractivity contribution in [3.8, 4) is 0 Å². The lowest BCUT2D eigenvalue weighted by atomic mass is 9.80. The molecule has 2 rings (SSSR count). The number of hydrogen-bond acceptors (Lipinski definition) is 4. The summed E-state index contributed by atoms with van der Waals surface area (Å²) in [6.45, 7) is 5.74. The van der Waals surface area contributed by atoms with Crippen molar-refractivity contribution in [2.24, 2.45) is 11.3 Å². The molecule has 0 aromatic carbocycles. The minimum atomic E-state index is 0.0620. The third kappa shape index (κ3) is 3.65. The van der Waals surface area contributed by atoms with Gasteiger partial charge in [-0.1, -0.05) is 0 Å². The maximum atomic E-state index is 9.64. The summed E-state index contributed by atoms with van der Waals surface area (Å²) in [6.07, 6.45) is 3.14. The highest BCUT2D eigenvalue weighted by Crippen LogP contribution is 2.31. The first kappa shape index (κ1) is 13.3. The van der Waals surface area contributed by atoms with Gasteiger partial charge in [0.25, 0.3) is 0 Å². The maximum absolute atomic E-state index is 9.64. The van der Waals surface area contributed by atoms with E-state index >= 15 is 0 Å². The lowest BCUT2D eigenvalue weighted by Crippen LogP contribution is -2.43. The zero-order valence-corrected chi connectivity index (χ0v) is 10.9. The molecule has 0 spiro atoms. The van der Waals surface area contributed by atoms with Crippen molar-refractivity contribution >= 4 is 0 Å². The molecular weight excluding hydrogens is 218 g/mol. The average molecular weight is 243 g/mol. The molecule has 1 atom stereocenters. The number of aliphatic hydroxyl groups is 1. The molecule has 0 saturated carbocycles. The Kier molecular flexibility index (Phi) is 4.79. The van der Waals surface area contributed by atoms with Gasteiger partial charge >= 0.3 is 0 Å². The molecule has 0 aliphatic carbocycles. The van der Waals surface area contributed by atoms with E-state index in [9.17, 15) is 5.11 Å². The Labute approximate surface area is 104 Å². The normalized spacial score (nSPS) is 28.8. The van der Waals surface area contributed by atoms with Gasteiger partial charge in [-0.15, -0.1) is 0 Å². The van der Waals surface area contributed by atoms with Crippen LogP contribution in [0.4, 0.5) is 0 Å². The highest BCUT2D eigenvalue weighted by atomic mass is 16.5. The van der Waals surface area contributed by atoms with E-state index in [0.29, 0.717) is 5.92 Å². The van der Waals surface area contributed by atoms with Gasteiger partial charge < -0.3 is 19.5 Å². The molecule has 2 aliphatic heterocycles. The van der Waals surface area contributed by atoms with E-state index in [-0.39, 0.29) is 12.0 Å². The Balaban J connectivity index is 1.80. The van der Waals surface area contributed by atoms with Crippen molar-refractivity contribution in [2.45, 2.75) is 19.3 Å². The first-order valence-corrected chi connectivity index (χ1v) is 6.69. The molecule has 2 heterocycles. The van der Waals surface area contributed by atoms with Crippen molar-refractivity contribution < 1.29 is 14.6 Å². The fourth-order valence-corrected chi connectivity index (χ4v) is 2.98. The molecule has 0 unspecified atom stereocenters. The van der Waals surface area contributed by atoms with Gasteiger partial charge in [0.15, 0.2) is 0 Å². The molecule has 2 fully saturated rings. The summed E-state index contributed by atoms with van der Waals surface area (Å²) < 4.78 is 10.8. The second-order valence-corrected chi connectivity index (χ2v) is 5.70. The van der Waals surface area contributed by atoms with Crippen LogP contribution < -0.4 is 0 Å². The highest BCUT2D eigenvalue weighted by Gasteiger charge is 2.33. The molecule has 0 aromatic rings. The molecule has 1 N–H and O–H groups in total. The van der Waals surface area contributed by atoms with Crippen molar-refractivity contribution in [3.05, 3.63) is 0 Å². The number of aliphatic hydroxyl groups excluding tert-OH is 1. The number of rotatable bonds is 5. The van der Waals surface area contributed by atoms with Crippen molar-refractivity contribution in [2.75, 3.05) is 53.2 Å². The summed E-state index contributed by atoms with van der Waals surface area (Å²) in [7, 11) is 2.16. The van der Waals surface area contributed by atoms with Crippen LogP contribution in [0, 0.1) is 11.3 Å². The fourth-order valence-electron chi connectivity index (χ4n) is 2.98. The van der Waals surface area contributed by atoms with Gasteiger partial charge in [-0.25, -0.2) is 0 Å². The Morgan fingerprint density at radius 3 is 2.59 bits per heavy atom.